The Bertz CT molecular complexity index is 396. The first-order chi connectivity index (χ1) is 8.31. The third kappa shape index (κ3) is 5.65. The van der Waals surface area contributed by atoms with Gasteiger partial charge in [0.05, 0.1) is 6.54 Å². The van der Waals surface area contributed by atoms with Crippen LogP contribution in [0.5, 0.6) is 0 Å². The Morgan fingerprint density at radius 2 is 1.83 bits per heavy atom. The number of hydrogen-bond acceptors (Lipinski definition) is 1. The first-order valence-electron chi connectivity index (χ1n) is 5.11. The van der Waals surface area contributed by atoms with E-state index in [1.54, 1.807) is 18.2 Å². The summed E-state index contributed by atoms with van der Waals surface area (Å²) < 4.78 is 37.1. The largest absolute Gasteiger partial charge is 0.401 e. The van der Waals surface area contributed by atoms with Gasteiger partial charge < -0.3 is 0 Å². The van der Waals surface area contributed by atoms with E-state index in [-0.39, 0.29) is 19.0 Å². The molecule has 0 bridgehead atoms. The van der Waals surface area contributed by atoms with E-state index in [0.717, 1.165) is 0 Å². The summed E-state index contributed by atoms with van der Waals surface area (Å²) in [6, 6.07) is 4.70. The van der Waals surface area contributed by atoms with Crippen molar-refractivity contribution in [3.8, 4) is 0 Å². The molecule has 1 rings (SSSR count). The van der Waals surface area contributed by atoms with Crippen molar-refractivity contribution in [2.75, 3.05) is 19.0 Å². The lowest BCUT2D eigenvalue weighted by molar-refractivity contribution is -0.146. The topological polar surface area (TPSA) is 3.24 Å². The predicted octanol–water partition coefficient (Wildman–Crippen LogP) is 4.60. The first kappa shape index (κ1) is 15.9. The summed E-state index contributed by atoms with van der Waals surface area (Å²) in [5.74, 6) is 0.119. The SMILES string of the molecule is FC(F)(F)CN(CCCl)Cc1cc(Cl)ccc1Cl. The lowest BCUT2D eigenvalue weighted by Gasteiger charge is -2.23. The molecular weight excluding hydrogens is 309 g/mol. The Hall–Kier alpha value is -0.160. The Kier molecular flexibility index (Phi) is 6.05. The maximum atomic E-state index is 12.4. The Morgan fingerprint density at radius 3 is 2.39 bits per heavy atom. The van der Waals surface area contributed by atoms with Crippen molar-refractivity contribution < 1.29 is 13.2 Å². The minimum Gasteiger partial charge on any atom is -0.289 e. The van der Waals surface area contributed by atoms with E-state index in [2.05, 4.69) is 0 Å². The van der Waals surface area contributed by atoms with Gasteiger partial charge in [-0.15, -0.1) is 11.6 Å². The summed E-state index contributed by atoms with van der Waals surface area (Å²) in [5.41, 5.74) is 0.554. The average molecular weight is 321 g/mol. The van der Waals surface area contributed by atoms with Crippen molar-refractivity contribution in [3.63, 3.8) is 0 Å². The van der Waals surface area contributed by atoms with E-state index in [0.29, 0.717) is 15.6 Å². The molecule has 0 N–H and O–H groups in total. The second-order valence-corrected chi connectivity index (χ2v) is 4.97. The standard InChI is InChI=1S/C11H11Cl3F3N/c12-3-4-18(7-11(15,16)17)6-8-5-9(13)1-2-10(8)14/h1-2,5H,3-4,6-7H2. The smallest absolute Gasteiger partial charge is 0.289 e. The Labute approximate surface area is 118 Å². The van der Waals surface area contributed by atoms with E-state index < -0.39 is 12.7 Å². The van der Waals surface area contributed by atoms with Crippen molar-refractivity contribution in [1.29, 1.82) is 0 Å². The molecule has 0 amide bonds. The molecule has 1 aromatic rings. The zero-order valence-electron chi connectivity index (χ0n) is 9.28. The van der Waals surface area contributed by atoms with Crippen LogP contribution in [0.2, 0.25) is 10.0 Å². The molecule has 1 aromatic carbocycles. The van der Waals surface area contributed by atoms with E-state index in [9.17, 15) is 13.2 Å². The second kappa shape index (κ2) is 6.85. The van der Waals surface area contributed by atoms with Crippen LogP contribution in [0.3, 0.4) is 0 Å². The molecule has 0 fully saturated rings. The molecule has 0 atom stereocenters. The van der Waals surface area contributed by atoms with Crippen LogP contribution < -0.4 is 0 Å². The zero-order chi connectivity index (χ0) is 13.8. The van der Waals surface area contributed by atoms with Gasteiger partial charge in [0.1, 0.15) is 0 Å². The molecule has 0 aliphatic rings. The number of hydrogen-bond donors (Lipinski definition) is 0. The lowest BCUT2D eigenvalue weighted by atomic mass is 10.2. The number of nitrogens with zero attached hydrogens (tertiary/aromatic N) is 1. The van der Waals surface area contributed by atoms with Gasteiger partial charge in [-0.05, 0) is 23.8 Å². The van der Waals surface area contributed by atoms with Gasteiger partial charge in [-0.1, -0.05) is 23.2 Å². The van der Waals surface area contributed by atoms with Crippen molar-refractivity contribution >= 4 is 34.8 Å². The summed E-state index contributed by atoms with van der Waals surface area (Å²) in [6.45, 7) is -0.835. The molecule has 1 nitrogen and oxygen atoms in total. The molecule has 0 aliphatic heterocycles. The van der Waals surface area contributed by atoms with Crippen molar-refractivity contribution in [2.45, 2.75) is 12.7 Å². The quantitative estimate of drug-likeness (QED) is 0.717. The zero-order valence-corrected chi connectivity index (χ0v) is 11.5. The number of alkyl halides is 4. The molecular formula is C11H11Cl3F3N. The molecule has 18 heavy (non-hydrogen) atoms. The molecule has 0 radical (unpaired) electrons. The Morgan fingerprint density at radius 1 is 1.17 bits per heavy atom. The van der Waals surface area contributed by atoms with Crippen molar-refractivity contribution in [2.24, 2.45) is 0 Å². The van der Waals surface area contributed by atoms with Gasteiger partial charge >= 0.3 is 6.18 Å². The lowest BCUT2D eigenvalue weighted by Crippen LogP contribution is -2.35. The highest BCUT2D eigenvalue weighted by atomic mass is 35.5. The van der Waals surface area contributed by atoms with E-state index >= 15 is 0 Å². The van der Waals surface area contributed by atoms with Gasteiger partial charge in [-0.3, -0.25) is 4.90 Å². The molecule has 0 saturated heterocycles. The molecule has 0 heterocycles. The highest BCUT2D eigenvalue weighted by Gasteiger charge is 2.30. The van der Waals surface area contributed by atoms with Gasteiger partial charge in [-0.25, -0.2) is 0 Å². The molecule has 7 heteroatoms. The van der Waals surface area contributed by atoms with Crippen molar-refractivity contribution in [3.05, 3.63) is 33.8 Å². The monoisotopic (exact) mass is 319 g/mol. The number of benzene rings is 1. The molecule has 102 valence electrons. The molecule has 0 aliphatic carbocycles. The third-order valence-electron chi connectivity index (χ3n) is 2.21. The highest BCUT2D eigenvalue weighted by Crippen LogP contribution is 2.24. The summed E-state index contributed by atoms with van der Waals surface area (Å²) in [6.07, 6.45) is -4.27. The number of halogens is 6. The van der Waals surface area contributed by atoms with Gasteiger partial charge in [0.2, 0.25) is 0 Å². The minimum absolute atomic E-state index is 0.0611. The minimum atomic E-state index is -4.27. The first-order valence-corrected chi connectivity index (χ1v) is 6.40. The van der Waals surface area contributed by atoms with Crippen LogP contribution in [0, 0.1) is 0 Å². The third-order valence-corrected chi connectivity index (χ3v) is 2.98. The molecule has 0 unspecified atom stereocenters. The normalized spacial score (nSPS) is 12.2. The number of rotatable bonds is 5. The summed E-state index contributed by atoms with van der Waals surface area (Å²) >= 11 is 17.2. The summed E-state index contributed by atoms with van der Waals surface area (Å²) in [5, 5.41) is 0.827. The maximum Gasteiger partial charge on any atom is 0.401 e. The van der Waals surface area contributed by atoms with Gasteiger partial charge in [0, 0.05) is 29.0 Å². The summed E-state index contributed by atoms with van der Waals surface area (Å²) in [7, 11) is 0. The Balaban J connectivity index is 2.79. The van der Waals surface area contributed by atoms with Crippen LogP contribution in [0.25, 0.3) is 0 Å². The highest BCUT2D eigenvalue weighted by molar-refractivity contribution is 6.33. The molecule has 0 spiro atoms. The van der Waals surface area contributed by atoms with Gasteiger partial charge in [-0.2, -0.15) is 13.2 Å². The average Bonchev–Trinajstić information content (AvgIpc) is 2.21. The van der Waals surface area contributed by atoms with Crippen LogP contribution in [-0.2, 0) is 6.54 Å². The van der Waals surface area contributed by atoms with E-state index in [1.807, 2.05) is 0 Å². The predicted molar refractivity (Wildman–Crippen MR) is 68.5 cm³/mol. The fourth-order valence-corrected chi connectivity index (χ4v) is 2.10. The van der Waals surface area contributed by atoms with Crippen LogP contribution in [-0.4, -0.2) is 30.0 Å². The second-order valence-electron chi connectivity index (χ2n) is 3.75. The van der Waals surface area contributed by atoms with E-state index in [4.69, 9.17) is 34.8 Å². The van der Waals surface area contributed by atoms with E-state index in [1.165, 1.54) is 4.90 Å². The van der Waals surface area contributed by atoms with Gasteiger partial charge in [0.25, 0.3) is 0 Å². The fraction of sp³-hybridized carbons (Fsp3) is 0.455. The molecule has 0 aromatic heterocycles. The maximum absolute atomic E-state index is 12.4. The van der Waals surface area contributed by atoms with Crippen LogP contribution in [0.15, 0.2) is 18.2 Å². The van der Waals surface area contributed by atoms with Crippen LogP contribution in [0.4, 0.5) is 13.2 Å². The summed E-state index contributed by atoms with van der Waals surface area (Å²) in [4.78, 5) is 1.19. The fourth-order valence-electron chi connectivity index (χ4n) is 1.49. The van der Waals surface area contributed by atoms with Gasteiger partial charge in [0.15, 0.2) is 0 Å². The van der Waals surface area contributed by atoms with Crippen LogP contribution >= 0.6 is 34.8 Å². The molecule has 0 saturated carbocycles. The van der Waals surface area contributed by atoms with Crippen LogP contribution in [0.1, 0.15) is 5.56 Å². The van der Waals surface area contributed by atoms with Crippen molar-refractivity contribution in [1.82, 2.24) is 4.90 Å².